The van der Waals surface area contributed by atoms with Gasteiger partial charge in [-0.2, -0.15) is 4.31 Å². The van der Waals surface area contributed by atoms with Crippen LogP contribution in [0.3, 0.4) is 0 Å². The third-order valence-electron chi connectivity index (χ3n) is 5.08. The fraction of sp³-hybridized carbons (Fsp3) is 0.476. The first-order chi connectivity index (χ1) is 14.1. The van der Waals surface area contributed by atoms with Crippen LogP contribution in [0.1, 0.15) is 32.4 Å². The normalized spacial score (nSPS) is 14.5. The zero-order chi connectivity index (χ0) is 22.1. The molecule has 1 fully saturated rings. The molecule has 0 atom stereocenters. The van der Waals surface area contributed by atoms with Crippen LogP contribution in [0.5, 0.6) is 0 Å². The van der Waals surface area contributed by atoms with Gasteiger partial charge in [-0.15, -0.1) is 0 Å². The number of amides is 1. The van der Waals surface area contributed by atoms with Crippen LogP contribution in [0.15, 0.2) is 41.4 Å². The van der Waals surface area contributed by atoms with E-state index >= 15 is 0 Å². The molecule has 0 aliphatic heterocycles. The zero-order valence-electron chi connectivity index (χ0n) is 17.4. The predicted molar refractivity (Wildman–Crippen MR) is 119 cm³/mol. The number of sulfonamides is 1. The van der Waals surface area contributed by atoms with Crippen molar-refractivity contribution in [2.45, 2.75) is 44.2 Å². The fourth-order valence-corrected chi connectivity index (χ4v) is 5.64. The molecule has 3 rings (SSSR count). The van der Waals surface area contributed by atoms with Crippen LogP contribution < -0.4 is 0 Å². The van der Waals surface area contributed by atoms with Gasteiger partial charge in [0.15, 0.2) is 0 Å². The number of carbonyl (C=O) groups is 1. The summed E-state index contributed by atoms with van der Waals surface area (Å²) in [6, 6.07) is 8.39. The van der Waals surface area contributed by atoms with E-state index in [1.807, 2.05) is 43.8 Å². The maximum Gasteiger partial charge on any atom is 0.245 e. The molecule has 1 amide bonds. The first kappa shape index (κ1) is 23.1. The number of benzene rings is 1. The van der Waals surface area contributed by atoms with Gasteiger partial charge in [-0.25, -0.2) is 8.42 Å². The number of hydrogen-bond donors (Lipinski definition) is 0. The molecule has 6 nitrogen and oxygen atoms in total. The lowest BCUT2D eigenvalue weighted by molar-refractivity contribution is -0.132. The maximum atomic E-state index is 13.4. The van der Waals surface area contributed by atoms with E-state index in [0.29, 0.717) is 6.54 Å². The number of carbonyl (C=O) groups excluding carboxylic acids is 1. The van der Waals surface area contributed by atoms with Gasteiger partial charge in [0.25, 0.3) is 0 Å². The Labute approximate surface area is 188 Å². The Morgan fingerprint density at radius 2 is 1.93 bits per heavy atom. The van der Waals surface area contributed by atoms with Gasteiger partial charge >= 0.3 is 0 Å². The summed E-state index contributed by atoms with van der Waals surface area (Å²) < 4.78 is 29.9. The average Bonchev–Trinajstić information content (AvgIpc) is 3.42. The Balaban J connectivity index is 1.87. The Kier molecular flexibility index (Phi) is 7.17. The second-order valence-corrected chi connectivity index (χ2v) is 10.9. The lowest BCUT2D eigenvalue weighted by Gasteiger charge is -2.28. The Morgan fingerprint density at radius 1 is 1.23 bits per heavy atom. The quantitative estimate of drug-likeness (QED) is 0.551. The van der Waals surface area contributed by atoms with Gasteiger partial charge < -0.3 is 9.47 Å². The molecule has 1 aromatic carbocycles. The smallest absolute Gasteiger partial charge is 0.245 e. The summed E-state index contributed by atoms with van der Waals surface area (Å²) in [4.78, 5) is 14.9. The van der Waals surface area contributed by atoms with E-state index in [2.05, 4.69) is 0 Å². The summed E-state index contributed by atoms with van der Waals surface area (Å²) in [5.41, 5.74) is 1.01. The molecule has 1 aromatic heterocycles. The summed E-state index contributed by atoms with van der Waals surface area (Å²) in [5.74, 6) is -0.172. The van der Waals surface area contributed by atoms with E-state index in [9.17, 15) is 13.2 Å². The summed E-state index contributed by atoms with van der Waals surface area (Å²) >= 11 is 12.2. The molecule has 0 N–H and O–H groups in total. The highest BCUT2D eigenvalue weighted by Crippen LogP contribution is 2.31. The fourth-order valence-electron chi connectivity index (χ4n) is 3.35. The van der Waals surface area contributed by atoms with Crippen LogP contribution in [-0.4, -0.2) is 47.2 Å². The van der Waals surface area contributed by atoms with Crippen molar-refractivity contribution in [2.24, 2.45) is 13.0 Å². The molecule has 1 aliphatic carbocycles. The molecule has 30 heavy (non-hydrogen) atoms. The van der Waals surface area contributed by atoms with Crippen LogP contribution in [0.25, 0.3) is 0 Å². The highest BCUT2D eigenvalue weighted by Gasteiger charge is 2.36. The van der Waals surface area contributed by atoms with Crippen molar-refractivity contribution in [3.8, 4) is 0 Å². The van der Waals surface area contributed by atoms with E-state index < -0.39 is 10.0 Å². The average molecular weight is 472 g/mol. The molecule has 0 bridgehead atoms. The van der Waals surface area contributed by atoms with Gasteiger partial charge in [0.05, 0.1) is 18.1 Å². The van der Waals surface area contributed by atoms with Crippen molar-refractivity contribution in [2.75, 3.05) is 13.1 Å². The topological polar surface area (TPSA) is 62.6 Å². The minimum Gasteiger partial charge on any atom is -0.353 e. The number of nitrogens with zero attached hydrogens (tertiary/aromatic N) is 3. The van der Waals surface area contributed by atoms with Crippen molar-refractivity contribution in [1.82, 2.24) is 13.8 Å². The van der Waals surface area contributed by atoms with Gasteiger partial charge in [-0.1, -0.05) is 37.0 Å². The molecular formula is C21H27Cl2N3O3S. The van der Waals surface area contributed by atoms with Crippen LogP contribution in [-0.2, 0) is 28.4 Å². The predicted octanol–water partition coefficient (Wildman–Crippen LogP) is 4.17. The molecule has 1 heterocycles. The van der Waals surface area contributed by atoms with Crippen molar-refractivity contribution in [3.63, 3.8) is 0 Å². The molecule has 9 heteroatoms. The minimum absolute atomic E-state index is 0.0350. The minimum atomic E-state index is -3.99. The third kappa shape index (κ3) is 5.38. The lowest BCUT2D eigenvalue weighted by atomic mass is 10.2. The van der Waals surface area contributed by atoms with Crippen molar-refractivity contribution >= 4 is 39.1 Å². The van der Waals surface area contributed by atoms with Gasteiger partial charge in [-0.05, 0) is 49.1 Å². The Hall–Kier alpha value is -1.54. The van der Waals surface area contributed by atoms with Crippen LogP contribution >= 0.6 is 23.2 Å². The van der Waals surface area contributed by atoms with E-state index in [-0.39, 0.29) is 45.9 Å². The molecule has 1 aliphatic rings. The van der Waals surface area contributed by atoms with E-state index in [1.165, 1.54) is 22.5 Å². The van der Waals surface area contributed by atoms with Crippen molar-refractivity contribution in [1.29, 1.82) is 0 Å². The van der Waals surface area contributed by atoms with Gasteiger partial charge in [0.2, 0.25) is 15.9 Å². The van der Waals surface area contributed by atoms with Crippen LogP contribution in [0.4, 0.5) is 0 Å². The number of aromatic nitrogens is 1. The second-order valence-electron chi connectivity index (χ2n) is 8.13. The summed E-state index contributed by atoms with van der Waals surface area (Å²) in [7, 11) is -2.06. The van der Waals surface area contributed by atoms with Crippen molar-refractivity contribution in [3.05, 3.63) is 52.3 Å². The SMILES string of the molecule is CC(C)CN(CC(=O)N(Cc1cccn1C)C1CC1)S(=O)(=O)c1cc(Cl)ccc1Cl. The number of aryl methyl sites for hydroxylation is 1. The van der Waals surface area contributed by atoms with Crippen LogP contribution in [0.2, 0.25) is 10.0 Å². The molecule has 0 saturated heterocycles. The summed E-state index contributed by atoms with van der Waals surface area (Å²) in [6.45, 7) is 4.26. The Bertz CT molecular complexity index is 1020. The molecule has 0 unspecified atom stereocenters. The Morgan fingerprint density at radius 3 is 2.50 bits per heavy atom. The monoisotopic (exact) mass is 471 g/mol. The highest BCUT2D eigenvalue weighted by molar-refractivity contribution is 7.89. The van der Waals surface area contributed by atoms with E-state index in [0.717, 1.165) is 18.5 Å². The number of halogens is 2. The standard InChI is InChI=1S/C21H27Cl2N3O3S/c1-15(2)12-25(30(28,29)20-11-16(22)6-9-19(20)23)14-21(27)26(17-7-8-17)13-18-5-4-10-24(18)3/h4-6,9-11,15,17H,7-8,12-14H2,1-3H3. The molecule has 1 saturated carbocycles. The number of rotatable bonds is 9. The first-order valence-electron chi connectivity index (χ1n) is 9.94. The van der Waals surface area contributed by atoms with E-state index in [4.69, 9.17) is 23.2 Å². The first-order valence-corrected chi connectivity index (χ1v) is 12.1. The summed E-state index contributed by atoms with van der Waals surface area (Å²) in [6.07, 6.45) is 3.81. The van der Waals surface area contributed by atoms with E-state index in [1.54, 1.807) is 4.90 Å². The zero-order valence-corrected chi connectivity index (χ0v) is 19.7. The summed E-state index contributed by atoms with van der Waals surface area (Å²) in [5, 5.41) is 0.362. The number of hydrogen-bond acceptors (Lipinski definition) is 3. The molecule has 2 aromatic rings. The van der Waals surface area contributed by atoms with Crippen molar-refractivity contribution < 1.29 is 13.2 Å². The highest BCUT2D eigenvalue weighted by atomic mass is 35.5. The molecule has 0 radical (unpaired) electrons. The van der Waals surface area contributed by atoms with Gasteiger partial charge in [-0.3, -0.25) is 4.79 Å². The van der Waals surface area contributed by atoms with Gasteiger partial charge in [0, 0.05) is 36.5 Å². The molecule has 0 spiro atoms. The third-order valence-corrected chi connectivity index (χ3v) is 7.61. The van der Waals surface area contributed by atoms with Gasteiger partial charge in [0.1, 0.15) is 4.90 Å². The maximum absolute atomic E-state index is 13.4. The van der Waals surface area contributed by atoms with Crippen LogP contribution in [0, 0.1) is 5.92 Å². The second kappa shape index (κ2) is 9.30. The molecular weight excluding hydrogens is 445 g/mol. The largest absolute Gasteiger partial charge is 0.353 e. The molecule has 164 valence electrons. The lowest BCUT2D eigenvalue weighted by Crippen LogP contribution is -2.45.